The minimum atomic E-state index is -4.94. The molecule has 19 heteroatoms. The Morgan fingerprint density at radius 1 is 0.359 bits per heavy atom. The van der Waals surface area contributed by atoms with Gasteiger partial charge in [-0.1, -0.05) is 240 Å². The molecule has 0 amide bonds. The lowest BCUT2D eigenvalue weighted by Gasteiger charge is -2.21. The number of ether oxygens (including phenoxy) is 4. The molecular weight excluding hydrogens is 1040 g/mol. The van der Waals surface area contributed by atoms with Crippen molar-refractivity contribution in [2.45, 2.75) is 310 Å². The molecule has 0 fully saturated rings. The number of carbonyl (C=O) groups is 4. The molecule has 0 radical (unpaired) electrons. The molecule has 78 heavy (non-hydrogen) atoms. The molecule has 0 aliphatic heterocycles. The number of esters is 4. The summed E-state index contributed by atoms with van der Waals surface area (Å²) in [6.45, 7) is 7.09. The number of unbranched alkanes of at least 4 members (excludes halogenated alkanes) is 30. The monoisotopic (exact) mass is 1160 g/mol. The largest absolute Gasteiger partial charge is 0.472 e. The third kappa shape index (κ3) is 52.2. The van der Waals surface area contributed by atoms with E-state index in [-0.39, 0.29) is 25.7 Å². The van der Waals surface area contributed by atoms with Gasteiger partial charge < -0.3 is 33.8 Å². The van der Waals surface area contributed by atoms with Crippen LogP contribution in [0.3, 0.4) is 0 Å². The first kappa shape index (κ1) is 76.1. The highest BCUT2D eigenvalue weighted by Crippen LogP contribution is 2.45. The van der Waals surface area contributed by atoms with Crippen molar-refractivity contribution in [3.63, 3.8) is 0 Å². The van der Waals surface area contributed by atoms with E-state index in [0.29, 0.717) is 25.7 Å². The van der Waals surface area contributed by atoms with Crippen molar-refractivity contribution >= 4 is 39.5 Å². The molecule has 0 aliphatic carbocycles. The minimum Gasteiger partial charge on any atom is -0.462 e. The van der Waals surface area contributed by atoms with Gasteiger partial charge >= 0.3 is 39.5 Å². The van der Waals surface area contributed by atoms with E-state index in [1.807, 2.05) is 0 Å². The maximum absolute atomic E-state index is 12.9. The Hall–Kier alpha value is -1.94. The van der Waals surface area contributed by atoms with Crippen molar-refractivity contribution in [2.75, 3.05) is 39.6 Å². The topological polar surface area (TPSA) is 237 Å². The van der Waals surface area contributed by atoms with Crippen LogP contribution in [0.2, 0.25) is 0 Å². The van der Waals surface area contributed by atoms with E-state index < -0.39 is 97.5 Å². The standard InChI is InChI=1S/C59H114O17P2/c1-6-10-13-16-19-21-23-28-33-38-43-57(62)70-49-55(76-59(64)45-40-35-30-25-24-27-31-36-41-52(5)9-4)51-74-78(67,68)72-47-53(60)46-71-77(65,66)73-50-54(48-69-56(61)42-37-32-26-18-15-12-8-3)75-58(63)44-39-34-29-22-20-17-14-11-7-2/h52-55,60H,6-51H2,1-5H3,(H,65,66)(H,67,68)/t52?,53-,54+,55+/m0/s1. The average molecular weight is 1160 g/mol. The van der Waals surface area contributed by atoms with Crippen LogP contribution in [0.25, 0.3) is 0 Å². The molecule has 0 aliphatic rings. The summed E-state index contributed by atoms with van der Waals surface area (Å²) in [7, 11) is -9.87. The number of aliphatic hydroxyl groups is 1. The van der Waals surface area contributed by atoms with Gasteiger partial charge in [0.2, 0.25) is 0 Å². The Morgan fingerprint density at radius 3 is 0.910 bits per heavy atom. The van der Waals surface area contributed by atoms with Crippen molar-refractivity contribution in [1.82, 2.24) is 0 Å². The first-order valence-corrected chi connectivity index (χ1v) is 34.2. The van der Waals surface area contributed by atoms with E-state index >= 15 is 0 Å². The summed E-state index contributed by atoms with van der Waals surface area (Å²) >= 11 is 0. The van der Waals surface area contributed by atoms with E-state index in [1.165, 1.54) is 103 Å². The second kappa shape index (κ2) is 53.1. The molecule has 3 N–H and O–H groups in total. The van der Waals surface area contributed by atoms with Crippen LogP contribution in [-0.4, -0.2) is 96.7 Å². The van der Waals surface area contributed by atoms with Crippen LogP contribution in [0, 0.1) is 5.92 Å². The van der Waals surface area contributed by atoms with Crippen LogP contribution < -0.4 is 0 Å². The summed E-state index contributed by atoms with van der Waals surface area (Å²) in [6.07, 6.45) is 34.8. The van der Waals surface area contributed by atoms with Crippen molar-refractivity contribution in [2.24, 2.45) is 5.92 Å². The lowest BCUT2D eigenvalue weighted by molar-refractivity contribution is -0.161. The van der Waals surface area contributed by atoms with Gasteiger partial charge in [-0.2, -0.15) is 0 Å². The summed E-state index contributed by atoms with van der Waals surface area (Å²) in [6, 6.07) is 0. The van der Waals surface area contributed by atoms with Crippen LogP contribution in [0.15, 0.2) is 0 Å². The van der Waals surface area contributed by atoms with Crippen LogP contribution in [0.1, 0.15) is 291 Å². The van der Waals surface area contributed by atoms with Crippen molar-refractivity contribution in [3.8, 4) is 0 Å². The van der Waals surface area contributed by atoms with Gasteiger partial charge in [0, 0.05) is 25.7 Å². The quantitative estimate of drug-likeness (QED) is 0.0222. The van der Waals surface area contributed by atoms with Gasteiger partial charge in [-0.05, 0) is 31.6 Å². The Morgan fingerprint density at radius 2 is 0.615 bits per heavy atom. The fourth-order valence-electron chi connectivity index (χ4n) is 8.67. The maximum atomic E-state index is 12.9. The fraction of sp³-hybridized carbons (Fsp3) is 0.932. The summed E-state index contributed by atoms with van der Waals surface area (Å²) in [4.78, 5) is 71.8. The molecule has 0 saturated heterocycles. The molecule has 0 aromatic heterocycles. The zero-order valence-electron chi connectivity index (χ0n) is 49.8. The molecule has 0 aromatic carbocycles. The number of hydrogen-bond acceptors (Lipinski definition) is 15. The average Bonchev–Trinajstić information content (AvgIpc) is 3.41. The Balaban J connectivity index is 5.22. The van der Waals surface area contributed by atoms with E-state index in [2.05, 4.69) is 34.6 Å². The third-order valence-corrected chi connectivity index (χ3v) is 15.8. The molecular formula is C59H114O17P2. The minimum absolute atomic E-state index is 0.105. The van der Waals surface area contributed by atoms with E-state index in [9.17, 15) is 43.2 Å². The number of phosphoric acid groups is 2. The second-order valence-corrected chi connectivity index (χ2v) is 24.5. The number of phosphoric ester groups is 2. The van der Waals surface area contributed by atoms with Crippen molar-refractivity contribution in [3.05, 3.63) is 0 Å². The Bertz CT molecular complexity index is 1540. The third-order valence-electron chi connectivity index (χ3n) is 13.9. The van der Waals surface area contributed by atoms with Gasteiger partial charge in [-0.3, -0.25) is 37.3 Å². The Kier molecular flexibility index (Phi) is 51.8. The molecule has 6 atom stereocenters. The highest BCUT2D eigenvalue weighted by molar-refractivity contribution is 7.47. The first-order chi connectivity index (χ1) is 37.6. The van der Waals surface area contributed by atoms with Gasteiger partial charge in [0.15, 0.2) is 12.2 Å². The lowest BCUT2D eigenvalue weighted by Crippen LogP contribution is -2.30. The summed E-state index contributed by atoms with van der Waals surface area (Å²) in [5.41, 5.74) is 0. The normalized spacial score (nSPS) is 14.7. The smallest absolute Gasteiger partial charge is 0.462 e. The van der Waals surface area contributed by atoms with Gasteiger partial charge in [0.05, 0.1) is 26.4 Å². The van der Waals surface area contributed by atoms with Crippen LogP contribution in [-0.2, 0) is 65.4 Å². The molecule has 0 spiro atoms. The number of carbonyl (C=O) groups excluding carboxylic acids is 4. The van der Waals surface area contributed by atoms with Crippen molar-refractivity contribution < 1.29 is 80.2 Å². The molecule has 17 nitrogen and oxygen atoms in total. The van der Waals surface area contributed by atoms with Gasteiger partial charge in [0.25, 0.3) is 0 Å². The molecule has 0 aromatic rings. The molecule has 0 bridgehead atoms. The van der Waals surface area contributed by atoms with Gasteiger partial charge in [-0.25, -0.2) is 9.13 Å². The van der Waals surface area contributed by atoms with Gasteiger partial charge in [0.1, 0.15) is 19.3 Å². The number of hydrogen-bond donors (Lipinski definition) is 3. The van der Waals surface area contributed by atoms with Crippen LogP contribution in [0.4, 0.5) is 0 Å². The van der Waals surface area contributed by atoms with E-state index in [1.54, 1.807) is 0 Å². The van der Waals surface area contributed by atoms with Crippen LogP contribution >= 0.6 is 15.6 Å². The highest BCUT2D eigenvalue weighted by Gasteiger charge is 2.30. The predicted molar refractivity (Wildman–Crippen MR) is 308 cm³/mol. The van der Waals surface area contributed by atoms with Gasteiger partial charge in [-0.15, -0.1) is 0 Å². The van der Waals surface area contributed by atoms with Crippen molar-refractivity contribution in [1.29, 1.82) is 0 Å². The molecule has 462 valence electrons. The molecule has 3 unspecified atom stereocenters. The second-order valence-electron chi connectivity index (χ2n) is 21.6. The first-order valence-electron chi connectivity index (χ1n) is 31.2. The van der Waals surface area contributed by atoms with E-state index in [4.69, 9.17) is 37.0 Å². The summed E-state index contributed by atoms with van der Waals surface area (Å²) in [5, 5.41) is 10.5. The highest BCUT2D eigenvalue weighted by atomic mass is 31.2. The van der Waals surface area contributed by atoms with E-state index in [0.717, 1.165) is 109 Å². The Labute approximate surface area is 473 Å². The zero-order chi connectivity index (χ0) is 57.8. The molecule has 0 heterocycles. The lowest BCUT2D eigenvalue weighted by atomic mass is 9.99. The summed E-state index contributed by atoms with van der Waals surface area (Å²) in [5.74, 6) is -1.38. The summed E-state index contributed by atoms with van der Waals surface area (Å²) < 4.78 is 67.6. The molecule has 0 rings (SSSR count). The zero-order valence-corrected chi connectivity index (χ0v) is 51.6. The number of aliphatic hydroxyl groups excluding tert-OH is 1. The number of rotatable bonds is 59. The van der Waals surface area contributed by atoms with Crippen LogP contribution in [0.5, 0.6) is 0 Å². The maximum Gasteiger partial charge on any atom is 0.472 e. The SMILES string of the molecule is CCCCCCCCCCCCC(=O)OC[C@H](COP(=O)(O)OC[C@@H](O)COP(=O)(O)OC[C@@H](COC(=O)CCCCCCCCC)OC(=O)CCCCCCCCCCC)OC(=O)CCCCCCCCCCC(C)CC. The molecule has 0 saturated carbocycles. The fourth-order valence-corrected chi connectivity index (χ4v) is 10.2. The predicted octanol–water partition coefficient (Wildman–Crippen LogP) is 15.8.